The standard InChI is InChI=1S/C11H14F3NO/c1-15-9-3-5-10(6-4-9)16-8-2-7-11(12,13)14/h3-6,15H,2,7-8H2,1H3. The van der Waals surface area contributed by atoms with Crippen molar-refractivity contribution in [3.63, 3.8) is 0 Å². The van der Waals surface area contributed by atoms with Crippen LogP contribution >= 0.6 is 0 Å². The lowest BCUT2D eigenvalue weighted by Crippen LogP contribution is -2.09. The first kappa shape index (κ1) is 12.7. The van der Waals surface area contributed by atoms with Crippen molar-refractivity contribution in [3.8, 4) is 5.75 Å². The van der Waals surface area contributed by atoms with E-state index in [1.807, 2.05) is 0 Å². The van der Waals surface area contributed by atoms with Crippen molar-refractivity contribution >= 4 is 5.69 Å². The van der Waals surface area contributed by atoms with Gasteiger partial charge in [-0.1, -0.05) is 0 Å². The minimum absolute atomic E-state index is 0.0166. The van der Waals surface area contributed by atoms with E-state index in [2.05, 4.69) is 5.32 Å². The lowest BCUT2D eigenvalue weighted by Gasteiger charge is -2.08. The minimum Gasteiger partial charge on any atom is -0.494 e. The molecule has 0 aromatic heterocycles. The molecular formula is C11H14F3NO. The molecule has 0 aliphatic carbocycles. The van der Waals surface area contributed by atoms with E-state index < -0.39 is 12.6 Å². The van der Waals surface area contributed by atoms with Crippen molar-refractivity contribution < 1.29 is 17.9 Å². The van der Waals surface area contributed by atoms with Crippen molar-refractivity contribution in [1.29, 1.82) is 0 Å². The number of hydrogen-bond acceptors (Lipinski definition) is 2. The van der Waals surface area contributed by atoms with Gasteiger partial charge in [0.2, 0.25) is 0 Å². The molecule has 16 heavy (non-hydrogen) atoms. The summed E-state index contributed by atoms with van der Waals surface area (Å²) in [4.78, 5) is 0. The highest BCUT2D eigenvalue weighted by atomic mass is 19.4. The summed E-state index contributed by atoms with van der Waals surface area (Å²) in [6, 6.07) is 7.05. The van der Waals surface area contributed by atoms with Gasteiger partial charge >= 0.3 is 6.18 Å². The fraction of sp³-hybridized carbons (Fsp3) is 0.455. The van der Waals surface area contributed by atoms with Crippen LogP contribution in [0.3, 0.4) is 0 Å². The van der Waals surface area contributed by atoms with Crippen LogP contribution < -0.4 is 10.1 Å². The van der Waals surface area contributed by atoms with Gasteiger partial charge in [-0.25, -0.2) is 0 Å². The monoisotopic (exact) mass is 233 g/mol. The predicted molar refractivity (Wildman–Crippen MR) is 56.8 cm³/mol. The van der Waals surface area contributed by atoms with Crippen LogP contribution in [0, 0.1) is 0 Å². The van der Waals surface area contributed by atoms with E-state index >= 15 is 0 Å². The van der Waals surface area contributed by atoms with Crippen LogP contribution in [0.25, 0.3) is 0 Å². The maximum absolute atomic E-state index is 11.8. The van der Waals surface area contributed by atoms with Crippen molar-refractivity contribution in [2.75, 3.05) is 19.0 Å². The number of ether oxygens (including phenoxy) is 1. The van der Waals surface area contributed by atoms with E-state index in [9.17, 15) is 13.2 Å². The third kappa shape index (κ3) is 4.91. The SMILES string of the molecule is CNc1ccc(OCCCC(F)(F)F)cc1. The van der Waals surface area contributed by atoms with Gasteiger partial charge in [-0.2, -0.15) is 13.2 Å². The quantitative estimate of drug-likeness (QED) is 0.786. The maximum Gasteiger partial charge on any atom is 0.389 e. The number of alkyl halides is 3. The summed E-state index contributed by atoms with van der Waals surface area (Å²) in [5, 5.41) is 2.94. The number of hydrogen-bond donors (Lipinski definition) is 1. The molecule has 0 fully saturated rings. The van der Waals surface area contributed by atoms with Crippen molar-refractivity contribution in [3.05, 3.63) is 24.3 Å². The molecule has 0 bridgehead atoms. The van der Waals surface area contributed by atoms with Crippen molar-refractivity contribution in [2.24, 2.45) is 0 Å². The molecule has 90 valence electrons. The summed E-state index contributed by atoms with van der Waals surface area (Å²) in [5.74, 6) is 0.584. The normalized spacial score (nSPS) is 11.2. The van der Waals surface area contributed by atoms with Crippen molar-refractivity contribution in [2.45, 2.75) is 19.0 Å². The molecule has 1 N–H and O–H groups in total. The molecular weight excluding hydrogens is 219 g/mol. The van der Waals surface area contributed by atoms with E-state index in [1.165, 1.54) is 0 Å². The zero-order chi connectivity index (χ0) is 12.0. The lowest BCUT2D eigenvalue weighted by atomic mass is 10.3. The molecule has 0 aliphatic rings. The summed E-state index contributed by atoms with van der Waals surface area (Å²) >= 11 is 0. The molecule has 0 spiro atoms. The third-order valence-electron chi connectivity index (χ3n) is 2.02. The van der Waals surface area contributed by atoms with Gasteiger partial charge in [-0.15, -0.1) is 0 Å². The topological polar surface area (TPSA) is 21.3 Å². The molecule has 0 amide bonds. The second-order valence-electron chi connectivity index (χ2n) is 3.34. The van der Waals surface area contributed by atoms with Crippen LogP contribution in [0.2, 0.25) is 0 Å². The third-order valence-corrected chi connectivity index (χ3v) is 2.02. The number of anilines is 1. The second kappa shape index (κ2) is 5.63. The molecule has 2 nitrogen and oxygen atoms in total. The van der Waals surface area contributed by atoms with E-state index in [4.69, 9.17) is 4.74 Å². The minimum atomic E-state index is -4.10. The van der Waals surface area contributed by atoms with Gasteiger partial charge in [0, 0.05) is 19.2 Å². The zero-order valence-corrected chi connectivity index (χ0v) is 8.97. The molecule has 0 saturated carbocycles. The Kier molecular flexibility index (Phi) is 4.46. The first-order chi connectivity index (χ1) is 7.51. The van der Waals surface area contributed by atoms with Crippen LogP contribution in [0.5, 0.6) is 5.75 Å². The van der Waals surface area contributed by atoms with E-state index in [1.54, 1.807) is 31.3 Å². The van der Waals surface area contributed by atoms with Gasteiger partial charge in [0.1, 0.15) is 5.75 Å². The number of rotatable bonds is 5. The average molecular weight is 233 g/mol. The summed E-state index contributed by atoms with van der Waals surface area (Å²) in [7, 11) is 1.79. The zero-order valence-electron chi connectivity index (χ0n) is 8.97. The van der Waals surface area contributed by atoms with Gasteiger partial charge < -0.3 is 10.1 Å². The first-order valence-electron chi connectivity index (χ1n) is 4.98. The highest BCUT2D eigenvalue weighted by molar-refractivity contribution is 5.45. The van der Waals surface area contributed by atoms with Crippen LogP contribution in [-0.2, 0) is 0 Å². The molecule has 0 radical (unpaired) electrons. The Bertz CT molecular complexity index is 308. The fourth-order valence-electron chi connectivity index (χ4n) is 1.18. The lowest BCUT2D eigenvalue weighted by molar-refractivity contribution is -0.136. The van der Waals surface area contributed by atoms with Crippen LogP contribution in [0.1, 0.15) is 12.8 Å². The molecule has 0 saturated heterocycles. The second-order valence-corrected chi connectivity index (χ2v) is 3.34. The molecule has 1 aromatic carbocycles. The van der Waals surface area contributed by atoms with Crippen LogP contribution in [0.15, 0.2) is 24.3 Å². The molecule has 0 unspecified atom stereocenters. The molecule has 0 atom stereocenters. The molecule has 1 rings (SSSR count). The Morgan fingerprint density at radius 3 is 2.31 bits per heavy atom. The number of halogens is 3. The van der Waals surface area contributed by atoms with E-state index in [0.29, 0.717) is 5.75 Å². The summed E-state index contributed by atoms with van der Waals surface area (Å²) in [5.41, 5.74) is 0.933. The molecule has 0 heterocycles. The van der Waals surface area contributed by atoms with E-state index in [-0.39, 0.29) is 13.0 Å². The molecule has 5 heteroatoms. The molecule has 0 aliphatic heterocycles. The first-order valence-corrected chi connectivity index (χ1v) is 4.98. The Labute approximate surface area is 92.4 Å². The maximum atomic E-state index is 11.8. The summed E-state index contributed by atoms with van der Waals surface area (Å²) in [6.45, 7) is 0.0818. The van der Waals surface area contributed by atoms with Gasteiger partial charge in [-0.3, -0.25) is 0 Å². The Hall–Kier alpha value is -1.39. The highest BCUT2D eigenvalue weighted by Gasteiger charge is 2.25. The Morgan fingerprint density at radius 2 is 1.81 bits per heavy atom. The molecule has 1 aromatic rings. The largest absolute Gasteiger partial charge is 0.494 e. The van der Waals surface area contributed by atoms with Crippen LogP contribution in [-0.4, -0.2) is 19.8 Å². The van der Waals surface area contributed by atoms with Crippen LogP contribution in [0.4, 0.5) is 18.9 Å². The predicted octanol–water partition coefficient (Wildman–Crippen LogP) is 3.45. The number of benzene rings is 1. The van der Waals surface area contributed by atoms with Gasteiger partial charge in [0.15, 0.2) is 0 Å². The van der Waals surface area contributed by atoms with Gasteiger partial charge in [-0.05, 0) is 30.7 Å². The summed E-state index contributed by atoms with van der Waals surface area (Å²) < 4.78 is 40.6. The van der Waals surface area contributed by atoms with E-state index in [0.717, 1.165) is 5.69 Å². The van der Waals surface area contributed by atoms with Crippen molar-refractivity contribution in [1.82, 2.24) is 0 Å². The van der Waals surface area contributed by atoms with Gasteiger partial charge in [0.05, 0.1) is 6.61 Å². The Balaban J connectivity index is 2.27. The highest BCUT2D eigenvalue weighted by Crippen LogP contribution is 2.21. The smallest absolute Gasteiger partial charge is 0.389 e. The average Bonchev–Trinajstić information content (AvgIpc) is 2.24. The Morgan fingerprint density at radius 1 is 1.19 bits per heavy atom. The fourth-order valence-corrected chi connectivity index (χ4v) is 1.18. The van der Waals surface area contributed by atoms with Gasteiger partial charge in [0.25, 0.3) is 0 Å². The number of nitrogens with one attached hydrogen (secondary N) is 1. The summed E-state index contributed by atoms with van der Waals surface area (Å²) in [6.07, 6.45) is -4.92.